The molecule has 0 aliphatic heterocycles. The fourth-order valence-electron chi connectivity index (χ4n) is 1.62. The van der Waals surface area contributed by atoms with Crippen molar-refractivity contribution in [2.24, 2.45) is 0 Å². The summed E-state index contributed by atoms with van der Waals surface area (Å²) < 4.78 is 24.8. The number of aliphatic carboxylic acids is 1. The molecular weight excluding hydrogens is 350 g/mol. The number of hydrogen-bond donors (Lipinski definition) is 2. The highest BCUT2D eigenvalue weighted by molar-refractivity contribution is 9.10. The van der Waals surface area contributed by atoms with E-state index in [2.05, 4.69) is 31.2 Å². The number of carboxylic acids is 1. The van der Waals surface area contributed by atoms with E-state index in [1.807, 2.05) is 0 Å². The third-order valence-electron chi connectivity index (χ3n) is 2.81. The molecule has 0 aliphatic carbocycles. The lowest BCUT2D eigenvalue weighted by molar-refractivity contribution is -0.138. The van der Waals surface area contributed by atoms with Gasteiger partial charge in [0.1, 0.15) is 18.2 Å². The van der Waals surface area contributed by atoms with Crippen molar-refractivity contribution < 1.29 is 18.7 Å². The summed E-state index contributed by atoms with van der Waals surface area (Å²) in [4.78, 5) is 20.6. The molecule has 6 nitrogen and oxygen atoms in total. The van der Waals surface area contributed by atoms with Gasteiger partial charge in [-0.3, -0.25) is 0 Å². The molecule has 1 aromatic heterocycles. The van der Waals surface area contributed by atoms with E-state index >= 15 is 0 Å². The molecule has 0 bridgehead atoms. The SMILES string of the molecule is CN(CCC(F)F)CC[C@H](Nc1ncncc1Br)C(=O)O. The van der Waals surface area contributed by atoms with Gasteiger partial charge in [-0.15, -0.1) is 0 Å². The van der Waals surface area contributed by atoms with Gasteiger partial charge in [0.25, 0.3) is 0 Å². The summed E-state index contributed by atoms with van der Waals surface area (Å²) in [6.07, 6.45) is 0.506. The van der Waals surface area contributed by atoms with Crippen molar-refractivity contribution in [3.63, 3.8) is 0 Å². The Bertz CT molecular complexity index is 465. The van der Waals surface area contributed by atoms with E-state index in [1.54, 1.807) is 11.9 Å². The quantitative estimate of drug-likeness (QED) is 0.696. The molecule has 0 radical (unpaired) electrons. The summed E-state index contributed by atoms with van der Waals surface area (Å²) in [6, 6.07) is -0.856. The van der Waals surface area contributed by atoms with Gasteiger partial charge in [0.05, 0.1) is 4.47 Å². The van der Waals surface area contributed by atoms with Crippen LogP contribution in [0, 0.1) is 0 Å². The third-order valence-corrected chi connectivity index (χ3v) is 3.39. The van der Waals surface area contributed by atoms with Crippen LogP contribution in [0.4, 0.5) is 14.6 Å². The van der Waals surface area contributed by atoms with Gasteiger partial charge in [0.15, 0.2) is 0 Å². The van der Waals surface area contributed by atoms with Crippen molar-refractivity contribution in [2.75, 3.05) is 25.5 Å². The van der Waals surface area contributed by atoms with Crippen molar-refractivity contribution >= 4 is 27.7 Å². The van der Waals surface area contributed by atoms with Crippen LogP contribution in [-0.2, 0) is 4.79 Å². The molecule has 0 aromatic carbocycles. The monoisotopic (exact) mass is 366 g/mol. The Morgan fingerprint density at radius 3 is 2.71 bits per heavy atom. The van der Waals surface area contributed by atoms with Crippen LogP contribution < -0.4 is 5.32 Å². The molecule has 1 aromatic rings. The van der Waals surface area contributed by atoms with Crippen LogP contribution in [-0.4, -0.2) is 58.5 Å². The number of hydrogen-bond acceptors (Lipinski definition) is 5. The molecule has 9 heteroatoms. The summed E-state index contributed by atoms with van der Waals surface area (Å²) in [6.45, 7) is 0.612. The van der Waals surface area contributed by atoms with E-state index in [9.17, 15) is 18.7 Å². The van der Waals surface area contributed by atoms with Gasteiger partial charge in [0, 0.05) is 25.7 Å². The van der Waals surface area contributed by atoms with E-state index in [0.717, 1.165) is 0 Å². The van der Waals surface area contributed by atoms with Crippen molar-refractivity contribution in [3.05, 3.63) is 17.0 Å². The lowest BCUT2D eigenvalue weighted by Crippen LogP contribution is -2.34. The number of nitrogens with zero attached hydrogens (tertiary/aromatic N) is 3. The van der Waals surface area contributed by atoms with Gasteiger partial charge in [-0.05, 0) is 29.4 Å². The highest BCUT2D eigenvalue weighted by Crippen LogP contribution is 2.18. The van der Waals surface area contributed by atoms with Crippen LogP contribution >= 0.6 is 15.9 Å². The molecule has 2 N–H and O–H groups in total. The van der Waals surface area contributed by atoms with Gasteiger partial charge in [-0.2, -0.15) is 0 Å². The van der Waals surface area contributed by atoms with Crippen LogP contribution in [0.1, 0.15) is 12.8 Å². The molecule has 1 heterocycles. The lowest BCUT2D eigenvalue weighted by Gasteiger charge is -2.20. The lowest BCUT2D eigenvalue weighted by atomic mass is 10.2. The predicted molar refractivity (Wildman–Crippen MR) is 77.5 cm³/mol. The Morgan fingerprint density at radius 1 is 1.48 bits per heavy atom. The minimum absolute atomic E-state index is 0.223. The molecule has 0 spiro atoms. The largest absolute Gasteiger partial charge is 0.480 e. The third kappa shape index (κ3) is 6.76. The van der Waals surface area contributed by atoms with Crippen LogP contribution in [0.15, 0.2) is 17.0 Å². The Hall–Kier alpha value is -1.35. The van der Waals surface area contributed by atoms with Crippen LogP contribution in [0.3, 0.4) is 0 Å². The zero-order chi connectivity index (χ0) is 15.8. The first-order chi connectivity index (χ1) is 9.90. The Labute approximate surface area is 129 Å². The highest BCUT2D eigenvalue weighted by atomic mass is 79.9. The number of carbonyl (C=O) groups is 1. The summed E-state index contributed by atoms with van der Waals surface area (Å²) in [5.41, 5.74) is 0. The minimum Gasteiger partial charge on any atom is -0.480 e. The van der Waals surface area contributed by atoms with E-state index < -0.39 is 18.4 Å². The predicted octanol–water partition coefficient (Wildman–Crippen LogP) is 2.08. The second-order valence-corrected chi connectivity index (χ2v) is 5.38. The summed E-state index contributed by atoms with van der Waals surface area (Å²) >= 11 is 3.22. The van der Waals surface area contributed by atoms with Gasteiger partial charge < -0.3 is 15.3 Å². The van der Waals surface area contributed by atoms with Crippen molar-refractivity contribution in [2.45, 2.75) is 25.3 Å². The van der Waals surface area contributed by atoms with Gasteiger partial charge in [-0.25, -0.2) is 23.5 Å². The van der Waals surface area contributed by atoms with E-state index in [-0.39, 0.29) is 19.4 Å². The zero-order valence-electron chi connectivity index (χ0n) is 11.5. The first-order valence-corrected chi connectivity index (χ1v) is 7.11. The Kier molecular flexibility index (Phi) is 7.44. The average Bonchev–Trinajstić information content (AvgIpc) is 2.42. The molecule has 1 atom stereocenters. The average molecular weight is 367 g/mol. The summed E-state index contributed by atoms with van der Waals surface area (Å²) in [5, 5.41) is 12.0. The molecule has 0 fully saturated rings. The standard InChI is InChI=1S/C12H17BrF2N4O2/c1-19(5-3-10(14)15)4-2-9(12(20)21)18-11-8(13)6-16-7-17-11/h6-7,9-10H,2-5H2,1H3,(H,20,21)(H,16,17,18)/t9-/m0/s1. The molecule has 0 aliphatic rings. The zero-order valence-corrected chi connectivity index (χ0v) is 13.1. The highest BCUT2D eigenvalue weighted by Gasteiger charge is 2.19. The van der Waals surface area contributed by atoms with Crippen molar-refractivity contribution in [1.29, 1.82) is 0 Å². The molecule has 0 amide bonds. The molecule has 21 heavy (non-hydrogen) atoms. The van der Waals surface area contributed by atoms with Crippen LogP contribution in [0.25, 0.3) is 0 Å². The van der Waals surface area contributed by atoms with Gasteiger partial charge >= 0.3 is 5.97 Å². The normalized spacial score (nSPS) is 12.7. The van der Waals surface area contributed by atoms with Crippen LogP contribution in [0.2, 0.25) is 0 Å². The number of anilines is 1. The molecule has 0 unspecified atom stereocenters. The maximum atomic E-state index is 12.1. The molecular formula is C12H17BrF2N4O2. The molecule has 0 saturated carbocycles. The number of nitrogens with one attached hydrogen (secondary N) is 1. The number of alkyl halides is 2. The van der Waals surface area contributed by atoms with Gasteiger partial charge in [-0.1, -0.05) is 0 Å². The first-order valence-electron chi connectivity index (χ1n) is 6.31. The number of rotatable bonds is 9. The fraction of sp³-hybridized carbons (Fsp3) is 0.583. The number of halogens is 3. The van der Waals surface area contributed by atoms with Crippen molar-refractivity contribution in [1.82, 2.24) is 14.9 Å². The van der Waals surface area contributed by atoms with Gasteiger partial charge in [0.2, 0.25) is 6.43 Å². The van der Waals surface area contributed by atoms with E-state index in [1.165, 1.54) is 12.5 Å². The second kappa shape index (κ2) is 8.83. The van der Waals surface area contributed by atoms with Crippen molar-refractivity contribution in [3.8, 4) is 0 Å². The molecule has 118 valence electrons. The van der Waals surface area contributed by atoms with E-state index in [0.29, 0.717) is 16.8 Å². The number of aromatic nitrogens is 2. The molecule has 1 rings (SSSR count). The topological polar surface area (TPSA) is 78.3 Å². The summed E-state index contributed by atoms with van der Waals surface area (Å²) in [7, 11) is 1.68. The first kappa shape index (κ1) is 17.7. The Balaban J connectivity index is 2.51. The molecule has 0 saturated heterocycles. The second-order valence-electron chi connectivity index (χ2n) is 4.53. The smallest absolute Gasteiger partial charge is 0.326 e. The minimum atomic E-state index is -2.35. The maximum Gasteiger partial charge on any atom is 0.326 e. The van der Waals surface area contributed by atoms with E-state index in [4.69, 9.17) is 0 Å². The fourth-order valence-corrected chi connectivity index (χ4v) is 1.96. The maximum absolute atomic E-state index is 12.1. The van der Waals surface area contributed by atoms with Crippen LogP contribution in [0.5, 0.6) is 0 Å². The Morgan fingerprint density at radius 2 is 2.14 bits per heavy atom. The number of carboxylic acid groups (broad SMARTS) is 1. The summed E-state index contributed by atoms with van der Waals surface area (Å²) in [5.74, 6) is -0.643.